The van der Waals surface area contributed by atoms with E-state index in [1.165, 1.54) is 0 Å². The highest BCUT2D eigenvalue weighted by Gasteiger charge is 2.09. The summed E-state index contributed by atoms with van der Waals surface area (Å²) in [4.78, 5) is 17.8. The van der Waals surface area contributed by atoms with Crippen LogP contribution in [0.5, 0.6) is 0 Å². The van der Waals surface area contributed by atoms with E-state index in [0.717, 1.165) is 6.20 Å². The van der Waals surface area contributed by atoms with Crippen molar-refractivity contribution in [2.75, 3.05) is 0 Å². The number of carbonyl (C=O) groups is 1. The lowest BCUT2D eigenvalue weighted by Gasteiger charge is -2.05. The van der Waals surface area contributed by atoms with E-state index in [1.54, 1.807) is 24.3 Å². The van der Waals surface area contributed by atoms with Crippen LogP contribution in [0.3, 0.4) is 0 Å². The van der Waals surface area contributed by atoms with Crippen molar-refractivity contribution in [1.29, 1.82) is 0 Å². The third-order valence-corrected chi connectivity index (χ3v) is 2.44. The van der Waals surface area contributed by atoms with Crippen LogP contribution >= 0.6 is 11.6 Å². The standard InChI is InChI=1S/C12H8ClFN2O2/c13-9-3-1-8(2-4-9)12-10(14)5-15-11(16-12)6-18-7-17/h1-5,7H,6H2. The molecule has 6 heteroatoms. The fraction of sp³-hybridized carbons (Fsp3) is 0.0833. The van der Waals surface area contributed by atoms with E-state index in [4.69, 9.17) is 11.6 Å². The number of rotatable bonds is 4. The summed E-state index contributed by atoms with van der Waals surface area (Å²) in [6.45, 7) is 0.194. The fourth-order valence-corrected chi connectivity index (χ4v) is 1.52. The first-order chi connectivity index (χ1) is 8.70. The second-order valence-corrected chi connectivity index (χ2v) is 3.83. The molecule has 0 amide bonds. The molecule has 1 aromatic heterocycles. The fourth-order valence-electron chi connectivity index (χ4n) is 1.39. The zero-order valence-corrected chi connectivity index (χ0v) is 9.89. The van der Waals surface area contributed by atoms with Gasteiger partial charge in [-0.3, -0.25) is 4.79 Å². The van der Waals surface area contributed by atoms with Gasteiger partial charge in [0.1, 0.15) is 5.69 Å². The number of benzene rings is 1. The average molecular weight is 267 g/mol. The highest BCUT2D eigenvalue weighted by molar-refractivity contribution is 6.30. The number of halogens is 2. The molecule has 0 N–H and O–H groups in total. The van der Waals surface area contributed by atoms with E-state index >= 15 is 0 Å². The van der Waals surface area contributed by atoms with Gasteiger partial charge in [0.25, 0.3) is 6.47 Å². The lowest BCUT2D eigenvalue weighted by Crippen LogP contribution is -2.01. The van der Waals surface area contributed by atoms with Crippen molar-refractivity contribution in [3.63, 3.8) is 0 Å². The molecule has 0 unspecified atom stereocenters. The monoisotopic (exact) mass is 266 g/mol. The molecular formula is C12H8ClFN2O2. The van der Waals surface area contributed by atoms with Crippen molar-refractivity contribution in [3.05, 3.63) is 47.1 Å². The minimum atomic E-state index is -0.549. The Hall–Kier alpha value is -2.01. The average Bonchev–Trinajstić information content (AvgIpc) is 2.39. The third kappa shape index (κ3) is 2.81. The maximum atomic E-state index is 13.6. The minimum absolute atomic E-state index is 0.0929. The van der Waals surface area contributed by atoms with Crippen LogP contribution in [0, 0.1) is 5.82 Å². The second-order valence-electron chi connectivity index (χ2n) is 3.40. The van der Waals surface area contributed by atoms with Gasteiger partial charge in [-0.1, -0.05) is 23.7 Å². The molecule has 0 spiro atoms. The highest BCUT2D eigenvalue weighted by atomic mass is 35.5. The Labute approximate surface area is 107 Å². The van der Waals surface area contributed by atoms with Gasteiger partial charge in [0, 0.05) is 10.6 Å². The van der Waals surface area contributed by atoms with Gasteiger partial charge in [0.2, 0.25) is 0 Å². The first-order valence-corrected chi connectivity index (χ1v) is 5.41. The van der Waals surface area contributed by atoms with Crippen LogP contribution in [-0.2, 0) is 16.1 Å². The van der Waals surface area contributed by atoms with Gasteiger partial charge in [-0.25, -0.2) is 14.4 Å². The number of hydrogen-bond donors (Lipinski definition) is 0. The van der Waals surface area contributed by atoms with Crippen molar-refractivity contribution < 1.29 is 13.9 Å². The molecule has 0 radical (unpaired) electrons. The van der Waals surface area contributed by atoms with Gasteiger partial charge in [0.15, 0.2) is 18.2 Å². The van der Waals surface area contributed by atoms with Crippen molar-refractivity contribution in [1.82, 2.24) is 9.97 Å². The van der Waals surface area contributed by atoms with E-state index in [9.17, 15) is 9.18 Å². The van der Waals surface area contributed by atoms with Crippen molar-refractivity contribution >= 4 is 18.1 Å². The second kappa shape index (κ2) is 5.55. The summed E-state index contributed by atoms with van der Waals surface area (Å²) in [6, 6.07) is 6.58. The summed E-state index contributed by atoms with van der Waals surface area (Å²) in [6.07, 6.45) is 1.04. The van der Waals surface area contributed by atoms with Gasteiger partial charge in [-0.2, -0.15) is 0 Å². The van der Waals surface area contributed by atoms with Crippen LogP contribution in [-0.4, -0.2) is 16.4 Å². The van der Waals surface area contributed by atoms with E-state index in [2.05, 4.69) is 14.7 Å². The molecule has 1 heterocycles. The van der Waals surface area contributed by atoms with Crippen LogP contribution in [0.2, 0.25) is 5.02 Å². The van der Waals surface area contributed by atoms with Gasteiger partial charge in [-0.05, 0) is 12.1 Å². The summed E-state index contributed by atoms with van der Waals surface area (Å²) < 4.78 is 18.1. The Morgan fingerprint density at radius 3 is 2.72 bits per heavy atom. The van der Waals surface area contributed by atoms with Crippen LogP contribution < -0.4 is 0 Å². The van der Waals surface area contributed by atoms with Crippen LogP contribution in [0.15, 0.2) is 30.5 Å². The molecule has 0 fully saturated rings. The Balaban J connectivity index is 2.36. The molecule has 92 valence electrons. The summed E-state index contributed by atoms with van der Waals surface area (Å²) in [5, 5.41) is 0.553. The van der Waals surface area contributed by atoms with Crippen LogP contribution in [0.4, 0.5) is 4.39 Å². The highest BCUT2D eigenvalue weighted by Crippen LogP contribution is 2.22. The van der Waals surface area contributed by atoms with E-state index in [-0.39, 0.29) is 24.6 Å². The minimum Gasteiger partial charge on any atom is -0.460 e. The number of carbonyl (C=O) groups excluding carboxylic acids is 1. The molecule has 2 rings (SSSR count). The summed E-state index contributed by atoms with van der Waals surface area (Å²) in [5.74, 6) is -0.319. The van der Waals surface area contributed by atoms with Gasteiger partial charge >= 0.3 is 0 Å². The molecule has 18 heavy (non-hydrogen) atoms. The molecule has 0 saturated carbocycles. The Morgan fingerprint density at radius 1 is 1.33 bits per heavy atom. The zero-order chi connectivity index (χ0) is 13.0. The van der Waals surface area contributed by atoms with Gasteiger partial charge in [0.05, 0.1) is 6.20 Å². The molecule has 1 aromatic carbocycles. The molecule has 2 aromatic rings. The Morgan fingerprint density at radius 2 is 2.06 bits per heavy atom. The topological polar surface area (TPSA) is 52.1 Å². The van der Waals surface area contributed by atoms with Crippen molar-refractivity contribution in [2.45, 2.75) is 6.61 Å². The van der Waals surface area contributed by atoms with E-state index in [0.29, 0.717) is 10.6 Å². The predicted molar refractivity (Wildman–Crippen MR) is 63.3 cm³/mol. The Kier molecular flexibility index (Phi) is 3.84. The smallest absolute Gasteiger partial charge is 0.293 e. The predicted octanol–water partition coefficient (Wildman–Crippen LogP) is 2.61. The lowest BCUT2D eigenvalue weighted by atomic mass is 10.1. The van der Waals surface area contributed by atoms with E-state index in [1.807, 2.05) is 0 Å². The van der Waals surface area contributed by atoms with Crippen molar-refractivity contribution in [3.8, 4) is 11.3 Å². The molecule has 0 saturated heterocycles. The number of hydrogen-bond acceptors (Lipinski definition) is 4. The molecule has 0 bridgehead atoms. The van der Waals surface area contributed by atoms with Gasteiger partial charge < -0.3 is 4.74 Å². The molecular weight excluding hydrogens is 259 g/mol. The lowest BCUT2D eigenvalue weighted by molar-refractivity contribution is -0.130. The van der Waals surface area contributed by atoms with E-state index < -0.39 is 5.82 Å². The first kappa shape index (κ1) is 12.4. The molecule has 0 aliphatic rings. The third-order valence-electron chi connectivity index (χ3n) is 2.19. The number of ether oxygens (including phenoxy) is 1. The summed E-state index contributed by atoms with van der Waals surface area (Å²) >= 11 is 5.75. The maximum absolute atomic E-state index is 13.6. The van der Waals surface area contributed by atoms with Crippen LogP contribution in [0.1, 0.15) is 5.82 Å². The molecule has 4 nitrogen and oxygen atoms in total. The largest absolute Gasteiger partial charge is 0.460 e. The molecule has 0 atom stereocenters. The number of nitrogens with zero attached hydrogens (tertiary/aromatic N) is 2. The zero-order valence-electron chi connectivity index (χ0n) is 9.14. The van der Waals surface area contributed by atoms with Gasteiger partial charge in [-0.15, -0.1) is 0 Å². The molecule has 0 aliphatic heterocycles. The Bertz CT molecular complexity index is 561. The van der Waals surface area contributed by atoms with Crippen molar-refractivity contribution in [2.24, 2.45) is 0 Å². The quantitative estimate of drug-likeness (QED) is 0.798. The first-order valence-electron chi connectivity index (χ1n) is 5.03. The molecule has 0 aliphatic carbocycles. The van der Waals surface area contributed by atoms with Crippen LogP contribution in [0.25, 0.3) is 11.3 Å². The maximum Gasteiger partial charge on any atom is 0.293 e. The summed E-state index contributed by atoms with van der Waals surface area (Å²) in [7, 11) is 0. The summed E-state index contributed by atoms with van der Waals surface area (Å²) in [5.41, 5.74) is 0.720. The normalized spacial score (nSPS) is 10.1. The SMILES string of the molecule is O=COCc1ncc(F)c(-c2ccc(Cl)cc2)n1. The number of aromatic nitrogens is 2.